The molecule has 19 heavy (non-hydrogen) atoms. The highest BCUT2D eigenvalue weighted by atomic mass is 127. The van der Waals surface area contributed by atoms with E-state index in [9.17, 15) is 0 Å². The van der Waals surface area contributed by atoms with Gasteiger partial charge in [-0.15, -0.1) is 24.0 Å². The number of nitrogens with zero attached hydrogens (tertiary/aromatic N) is 1. The minimum absolute atomic E-state index is 0. The predicted molar refractivity (Wildman–Crippen MR) is 94.6 cm³/mol. The lowest BCUT2D eigenvalue weighted by Gasteiger charge is -2.07. The number of hydrogen-bond donors (Lipinski definition) is 2. The SMILES string of the molecule is Cc1ccc(NC(N)=NCc2ccsc2)cc1C.I. The lowest BCUT2D eigenvalue weighted by atomic mass is 10.1. The zero-order valence-electron chi connectivity index (χ0n) is 11.0. The Bertz CT molecular complexity index is 550. The maximum Gasteiger partial charge on any atom is 0.193 e. The third-order valence-electron chi connectivity index (χ3n) is 2.79. The topological polar surface area (TPSA) is 50.4 Å². The molecule has 0 atom stereocenters. The Morgan fingerprint density at radius 3 is 2.68 bits per heavy atom. The third-order valence-corrected chi connectivity index (χ3v) is 3.52. The van der Waals surface area contributed by atoms with Crippen LogP contribution in [-0.4, -0.2) is 5.96 Å². The predicted octanol–water partition coefficient (Wildman–Crippen LogP) is 3.91. The highest BCUT2D eigenvalue weighted by Gasteiger charge is 1.98. The summed E-state index contributed by atoms with van der Waals surface area (Å²) in [6.45, 7) is 4.79. The van der Waals surface area contributed by atoms with Gasteiger partial charge in [0, 0.05) is 5.69 Å². The van der Waals surface area contributed by atoms with Gasteiger partial charge in [0.15, 0.2) is 5.96 Å². The molecule has 0 aliphatic heterocycles. The highest BCUT2D eigenvalue weighted by molar-refractivity contribution is 14.0. The zero-order chi connectivity index (χ0) is 13.0. The second-order valence-corrected chi connectivity index (χ2v) is 5.04. The summed E-state index contributed by atoms with van der Waals surface area (Å²) in [6, 6.07) is 8.21. The minimum atomic E-state index is 0. The lowest BCUT2D eigenvalue weighted by Crippen LogP contribution is -2.22. The van der Waals surface area contributed by atoms with Crippen LogP contribution in [0.15, 0.2) is 40.0 Å². The molecule has 0 spiro atoms. The molecule has 0 unspecified atom stereocenters. The van der Waals surface area contributed by atoms with Crippen LogP contribution in [0.25, 0.3) is 0 Å². The van der Waals surface area contributed by atoms with Gasteiger partial charge in [0.1, 0.15) is 0 Å². The van der Waals surface area contributed by atoms with Crippen LogP contribution in [-0.2, 0) is 6.54 Å². The smallest absolute Gasteiger partial charge is 0.193 e. The minimum Gasteiger partial charge on any atom is -0.370 e. The number of anilines is 1. The number of guanidine groups is 1. The second kappa shape index (κ2) is 7.49. The molecular formula is C14H18IN3S. The summed E-state index contributed by atoms with van der Waals surface area (Å²) in [5.41, 5.74) is 10.5. The fraction of sp³-hybridized carbons (Fsp3) is 0.214. The fourth-order valence-corrected chi connectivity index (χ4v) is 2.23. The van der Waals surface area contributed by atoms with Crippen LogP contribution in [0.1, 0.15) is 16.7 Å². The normalized spacial score (nSPS) is 10.9. The largest absolute Gasteiger partial charge is 0.370 e. The number of rotatable bonds is 3. The van der Waals surface area contributed by atoms with Crippen molar-refractivity contribution in [3.05, 3.63) is 51.7 Å². The maximum atomic E-state index is 5.85. The van der Waals surface area contributed by atoms with Crippen molar-refractivity contribution in [1.29, 1.82) is 0 Å². The highest BCUT2D eigenvalue weighted by Crippen LogP contribution is 2.14. The monoisotopic (exact) mass is 387 g/mol. The van der Waals surface area contributed by atoms with Gasteiger partial charge < -0.3 is 11.1 Å². The van der Waals surface area contributed by atoms with E-state index in [1.54, 1.807) is 11.3 Å². The number of halogens is 1. The summed E-state index contributed by atoms with van der Waals surface area (Å²) < 4.78 is 0. The molecule has 0 radical (unpaired) electrons. The summed E-state index contributed by atoms with van der Waals surface area (Å²) in [6.07, 6.45) is 0. The Balaban J connectivity index is 0.00000180. The maximum absolute atomic E-state index is 5.85. The summed E-state index contributed by atoms with van der Waals surface area (Å²) >= 11 is 1.67. The molecule has 0 bridgehead atoms. The van der Waals surface area contributed by atoms with E-state index in [2.05, 4.69) is 47.7 Å². The molecule has 0 saturated heterocycles. The molecule has 2 rings (SSSR count). The number of aliphatic imine (C=N–C) groups is 1. The fourth-order valence-electron chi connectivity index (χ4n) is 1.57. The van der Waals surface area contributed by atoms with Gasteiger partial charge in [-0.3, -0.25) is 0 Å². The lowest BCUT2D eigenvalue weighted by molar-refractivity contribution is 1.07. The number of nitrogens with one attached hydrogen (secondary N) is 1. The van der Waals surface area contributed by atoms with Crippen molar-refractivity contribution in [2.24, 2.45) is 10.7 Å². The van der Waals surface area contributed by atoms with E-state index < -0.39 is 0 Å². The van der Waals surface area contributed by atoms with E-state index in [1.165, 1.54) is 16.7 Å². The van der Waals surface area contributed by atoms with Crippen molar-refractivity contribution in [2.45, 2.75) is 20.4 Å². The Hall–Kier alpha value is -1.08. The average molecular weight is 387 g/mol. The number of hydrogen-bond acceptors (Lipinski definition) is 2. The van der Waals surface area contributed by atoms with Crippen molar-refractivity contribution in [2.75, 3.05) is 5.32 Å². The van der Waals surface area contributed by atoms with Gasteiger partial charge in [-0.05, 0) is 59.5 Å². The van der Waals surface area contributed by atoms with E-state index in [-0.39, 0.29) is 24.0 Å². The van der Waals surface area contributed by atoms with Crippen molar-refractivity contribution in [1.82, 2.24) is 0 Å². The number of aryl methyl sites for hydroxylation is 2. The van der Waals surface area contributed by atoms with Crippen LogP contribution in [0.3, 0.4) is 0 Å². The van der Waals surface area contributed by atoms with Gasteiger partial charge in [-0.1, -0.05) is 6.07 Å². The van der Waals surface area contributed by atoms with E-state index in [4.69, 9.17) is 5.73 Å². The quantitative estimate of drug-likeness (QED) is 0.477. The Labute approximate surface area is 135 Å². The van der Waals surface area contributed by atoms with Crippen LogP contribution in [0.4, 0.5) is 5.69 Å². The number of thiophene rings is 1. The molecule has 3 nitrogen and oxygen atoms in total. The third kappa shape index (κ3) is 4.83. The van der Waals surface area contributed by atoms with E-state index >= 15 is 0 Å². The number of nitrogens with two attached hydrogens (primary N) is 1. The van der Waals surface area contributed by atoms with Gasteiger partial charge in [0.25, 0.3) is 0 Å². The zero-order valence-corrected chi connectivity index (χ0v) is 14.2. The Morgan fingerprint density at radius 1 is 1.26 bits per heavy atom. The van der Waals surface area contributed by atoms with Crippen molar-refractivity contribution < 1.29 is 0 Å². The molecular weight excluding hydrogens is 369 g/mol. The van der Waals surface area contributed by atoms with Gasteiger partial charge in [-0.25, -0.2) is 4.99 Å². The molecule has 5 heteroatoms. The number of benzene rings is 1. The van der Waals surface area contributed by atoms with Crippen LogP contribution < -0.4 is 11.1 Å². The van der Waals surface area contributed by atoms with E-state index in [0.717, 1.165) is 5.69 Å². The standard InChI is InChI=1S/C14H17N3S.HI/c1-10-3-4-13(7-11(10)2)17-14(15)16-8-12-5-6-18-9-12;/h3-7,9H,8H2,1-2H3,(H3,15,16,17);1H. The molecule has 102 valence electrons. The first-order chi connectivity index (χ1) is 8.65. The molecule has 0 aliphatic rings. The van der Waals surface area contributed by atoms with Crippen LogP contribution in [0.2, 0.25) is 0 Å². The van der Waals surface area contributed by atoms with Crippen LogP contribution >= 0.6 is 35.3 Å². The van der Waals surface area contributed by atoms with Crippen LogP contribution in [0.5, 0.6) is 0 Å². The molecule has 1 heterocycles. The first kappa shape index (κ1) is 16.0. The second-order valence-electron chi connectivity index (χ2n) is 4.26. The summed E-state index contributed by atoms with van der Waals surface area (Å²) in [5.74, 6) is 0.449. The summed E-state index contributed by atoms with van der Waals surface area (Å²) in [5, 5.41) is 7.22. The van der Waals surface area contributed by atoms with Crippen molar-refractivity contribution in [3.8, 4) is 0 Å². The molecule has 0 amide bonds. The summed E-state index contributed by atoms with van der Waals surface area (Å²) in [4.78, 5) is 4.30. The molecule has 2 aromatic rings. The molecule has 0 aliphatic carbocycles. The molecule has 1 aromatic carbocycles. The van der Waals surface area contributed by atoms with Crippen LogP contribution in [0, 0.1) is 13.8 Å². The Morgan fingerprint density at radius 2 is 2.05 bits per heavy atom. The Kier molecular flexibility index (Phi) is 6.30. The van der Waals surface area contributed by atoms with Gasteiger partial charge in [-0.2, -0.15) is 11.3 Å². The van der Waals surface area contributed by atoms with E-state index in [1.807, 2.05) is 11.4 Å². The first-order valence-corrected chi connectivity index (χ1v) is 6.74. The van der Waals surface area contributed by atoms with Gasteiger partial charge >= 0.3 is 0 Å². The van der Waals surface area contributed by atoms with E-state index in [0.29, 0.717) is 12.5 Å². The van der Waals surface area contributed by atoms with Crippen molar-refractivity contribution in [3.63, 3.8) is 0 Å². The first-order valence-electron chi connectivity index (χ1n) is 5.80. The molecule has 1 aromatic heterocycles. The van der Waals surface area contributed by atoms with Gasteiger partial charge in [0.2, 0.25) is 0 Å². The summed E-state index contributed by atoms with van der Waals surface area (Å²) in [7, 11) is 0. The molecule has 0 fully saturated rings. The molecule has 0 saturated carbocycles. The molecule has 3 N–H and O–H groups in total. The van der Waals surface area contributed by atoms with Gasteiger partial charge in [0.05, 0.1) is 6.54 Å². The van der Waals surface area contributed by atoms with Crippen molar-refractivity contribution >= 4 is 47.0 Å². The average Bonchev–Trinajstić information content (AvgIpc) is 2.84.